The first kappa shape index (κ1) is 9.71. The molecule has 1 saturated heterocycles. The molecular formula is C11H12N2O2. The number of nitrogens with zero attached hydrogens (tertiary/aromatic N) is 1. The summed E-state index contributed by atoms with van der Waals surface area (Å²) in [5, 5.41) is 1.30. The monoisotopic (exact) mass is 204 g/mol. The number of aryl methyl sites for hydroxylation is 2. The van der Waals surface area contributed by atoms with Crippen LogP contribution in [-0.2, 0) is 9.59 Å². The number of carbonyl (C=O) groups excluding carboxylic acids is 2. The zero-order valence-electron chi connectivity index (χ0n) is 8.70. The van der Waals surface area contributed by atoms with Crippen molar-refractivity contribution < 1.29 is 9.59 Å². The van der Waals surface area contributed by atoms with E-state index in [4.69, 9.17) is 0 Å². The van der Waals surface area contributed by atoms with Crippen molar-refractivity contribution in [2.45, 2.75) is 20.3 Å². The Balaban J connectivity index is 2.34. The maximum absolute atomic E-state index is 11.4. The van der Waals surface area contributed by atoms with E-state index in [1.54, 1.807) is 0 Å². The van der Waals surface area contributed by atoms with Gasteiger partial charge in [-0.05, 0) is 37.1 Å². The van der Waals surface area contributed by atoms with E-state index < -0.39 is 0 Å². The van der Waals surface area contributed by atoms with Crippen LogP contribution in [0.5, 0.6) is 0 Å². The maximum atomic E-state index is 11.4. The minimum absolute atomic E-state index is 0.0626. The van der Waals surface area contributed by atoms with E-state index in [-0.39, 0.29) is 18.2 Å². The predicted molar refractivity (Wildman–Crippen MR) is 56.2 cm³/mol. The molecule has 1 fully saturated rings. The second-order valence-corrected chi connectivity index (χ2v) is 3.71. The molecule has 4 heteroatoms. The van der Waals surface area contributed by atoms with Crippen LogP contribution in [0.15, 0.2) is 18.2 Å². The summed E-state index contributed by atoms with van der Waals surface area (Å²) in [5.74, 6) is -0.457. The van der Waals surface area contributed by atoms with E-state index >= 15 is 0 Å². The van der Waals surface area contributed by atoms with Gasteiger partial charge in [-0.25, -0.2) is 5.01 Å². The van der Waals surface area contributed by atoms with E-state index in [0.717, 1.165) is 11.1 Å². The van der Waals surface area contributed by atoms with Crippen LogP contribution in [0.3, 0.4) is 0 Å². The SMILES string of the molecule is Cc1ccc(N2NC(=O)CC2=O)cc1C. The third-order valence-electron chi connectivity index (χ3n) is 2.55. The zero-order chi connectivity index (χ0) is 11.0. The molecule has 1 aromatic carbocycles. The highest BCUT2D eigenvalue weighted by Crippen LogP contribution is 2.20. The van der Waals surface area contributed by atoms with Crippen molar-refractivity contribution in [1.29, 1.82) is 0 Å². The number of rotatable bonds is 1. The van der Waals surface area contributed by atoms with E-state index in [1.165, 1.54) is 5.01 Å². The van der Waals surface area contributed by atoms with Crippen LogP contribution in [0.1, 0.15) is 17.5 Å². The lowest BCUT2D eigenvalue weighted by atomic mass is 10.1. The Morgan fingerprint density at radius 3 is 2.47 bits per heavy atom. The number of hydrogen-bond donors (Lipinski definition) is 1. The van der Waals surface area contributed by atoms with Crippen LogP contribution in [0.4, 0.5) is 5.69 Å². The maximum Gasteiger partial charge on any atom is 0.255 e. The summed E-state index contributed by atoms with van der Waals surface area (Å²) in [4.78, 5) is 22.4. The van der Waals surface area contributed by atoms with Gasteiger partial charge in [0.25, 0.3) is 5.91 Å². The lowest BCUT2D eigenvalue weighted by molar-refractivity contribution is -0.122. The number of anilines is 1. The fraction of sp³-hybridized carbons (Fsp3) is 0.273. The van der Waals surface area contributed by atoms with Crippen molar-refractivity contribution in [3.8, 4) is 0 Å². The molecule has 0 aliphatic carbocycles. The first-order chi connectivity index (χ1) is 7.08. The Bertz CT molecular complexity index is 440. The molecule has 0 spiro atoms. The topological polar surface area (TPSA) is 49.4 Å². The molecule has 15 heavy (non-hydrogen) atoms. The summed E-state index contributed by atoms with van der Waals surface area (Å²) in [7, 11) is 0. The highest BCUT2D eigenvalue weighted by Gasteiger charge is 2.28. The molecule has 1 aliphatic rings. The van der Waals surface area contributed by atoms with E-state index in [0.29, 0.717) is 5.69 Å². The van der Waals surface area contributed by atoms with Crippen molar-refractivity contribution >= 4 is 17.5 Å². The summed E-state index contributed by atoms with van der Waals surface area (Å²) in [5.41, 5.74) is 5.49. The van der Waals surface area contributed by atoms with Crippen LogP contribution in [0.25, 0.3) is 0 Å². The summed E-state index contributed by atoms with van der Waals surface area (Å²) in [6, 6.07) is 5.65. The largest absolute Gasteiger partial charge is 0.273 e. The van der Waals surface area contributed by atoms with Gasteiger partial charge in [0.05, 0.1) is 5.69 Å². The van der Waals surface area contributed by atoms with Crippen molar-refractivity contribution in [3.05, 3.63) is 29.3 Å². The molecule has 2 amide bonds. The van der Waals surface area contributed by atoms with Gasteiger partial charge in [0, 0.05) is 0 Å². The third-order valence-corrected chi connectivity index (χ3v) is 2.55. The smallest absolute Gasteiger partial charge is 0.255 e. The predicted octanol–water partition coefficient (Wildman–Crippen LogP) is 1.07. The summed E-state index contributed by atoms with van der Waals surface area (Å²) < 4.78 is 0. The fourth-order valence-corrected chi connectivity index (χ4v) is 1.52. The first-order valence-electron chi connectivity index (χ1n) is 4.77. The molecule has 0 bridgehead atoms. The summed E-state index contributed by atoms with van der Waals surface area (Å²) in [6.45, 7) is 3.98. The first-order valence-corrected chi connectivity index (χ1v) is 4.77. The molecule has 0 atom stereocenters. The van der Waals surface area contributed by atoms with Crippen molar-refractivity contribution in [2.75, 3.05) is 5.01 Å². The van der Waals surface area contributed by atoms with Gasteiger partial charge in [0.2, 0.25) is 5.91 Å². The Labute approximate surface area is 87.9 Å². The van der Waals surface area contributed by atoms with Crippen LogP contribution in [0.2, 0.25) is 0 Å². The van der Waals surface area contributed by atoms with Crippen molar-refractivity contribution in [1.82, 2.24) is 5.43 Å². The number of carbonyl (C=O) groups is 2. The normalized spacial score (nSPS) is 15.7. The second-order valence-electron chi connectivity index (χ2n) is 3.71. The molecule has 4 nitrogen and oxygen atoms in total. The molecule has 0 saturated carbocycles. The average molecular weight is 204 g/mol. The molecule has 1 aliphatic heterocycles. The molecule has 78 valence electrons. The summed E-state index contributed by atoms with van der Waals surface area (Å²) in [6.07, 6.45) is -0.0626. The molecule has 0 radical (unpaired) electrons. The van der Waals surface area contributed by atoms with Crippen LogP contribution >= 0.6 is 0 Å². The molecule has 2 rings (SSSR count). The molecule has 0 aromatic heterocycles. The minimum Gasteiger partial charge on any atom is -0.273 e. The Morgan fingerprint density at radius 2 is 1.93 bits per heavy atom. The second kappa shape index (κ2) is 3.38. The number of hydrogen-bond acceptors (Lipinski definition) is 2. The number of hydrazine groups is 1. The van der Waals surface area contributed by atoms with Crippen LogP contribution < -0.4 is 10.4 Å². The minimum atomic E-state index is -0.252. The highest BCUT2D eigenvalue weighted by molar-refractivity contribution is 6.11. The molecule has 0 unspecified atom stereocenters. The molecule has 1 aromatic rings. The van der Waals surface area contributed by atoms with Gasteiger partial charge in [0.1, 0.15) is 6.42 Å². The van der Waals surface area contributed by atoms with Crippen LogP contribution in [-0.4, -0.2) is 11.8 Å². The Morgan fingerprint density at radius 1 is 1.20 bits per heavy atom. The van der Waals surface area contributed by atoms with Gasteiger partial charge in [0.15, 0.2) is 0 Å². The van der Waals surface area contributed by atoms with Gasteiger partial charge < -0.3 is 0 Å². The number of benzene rings is 1. The van der Waals surface area contributed by atoms with Crippen molar-refractivity contribution in [3.63, 3.8) is 0 Å². The van der Waals surface area contributed by atoms with E-state index in [2.05, 4.69) is 5.43 Å². The lowest BCUT2D eigenvalue weighted by Gasteiger charge is -2.16. The van der Waals surface area contributed by atoms with Gasteiger partial charge in [-0.1, -0.05) is 6.07 Å². The number of nitrogens with one attached hydrogen (secondary N) is 1. The summed E-state index contributed by atoms with van der Waals surface area (Å²) >= 11 is 0. The standard InChI is InChI=1S/C11H12N2O2/c1-7-3-4-9(5-8(7)2)13-11(15)6-10(14)12-13/h3-5H,6H2,1-2H3,(H,12,14). The molecule has 1 N–H and O–H groups in total. The van der Waals surface area contributed by atoms with E-state index in [1.807, 2.05) is 32.0 Å². The quantitative estimate of drug-likeness (QED) is 0.696. The van der Waals surface area contributed by atoms with Gasteiger partial charge in [-0.3, -0.25) is 15.0 Å². The highest BCUT2D eigenvalue weighted by atomic mass is 16.2. The van der Waals surface area contributed by atoms with Crippen LogP contribution in [0, 0.1) is 13.8 Å². The van der Waals surface area contributed by atoms with Gasteiger partial charge in [-0.15, -0.1) is 0 Å². The molecule has 1 heterocycles. The fourth-order valence-electron chi connectivity index (χ4n) is 1.52. The lowest BCUT2D eigenvalue weighted by Crippen LogP contribution is -2.35. The van der Waals surface area contributed by atoms with E-state index in [9.17, 15) is 9.59 Å². The Kier molecular flexibility index (Phi) is 2.19. The van der Waals surface area contributed by atoms with Crippen molar-refractivity contribution in [2.24, 2.45) is 0 Å². The Hall–Kier alpha value is -1.84. The average Bonchev–Trinajstić information content (AvgIpc) is 2.50. The number of amides is 2. The van der Waals surface area contributed by atoms with Gasteiger partial charge in [-0.2, -0.15) is 0 Å². The zero-order valence-corrected chi connectivity index (χ0v) is 8.70. The molecular weight excluding hydrogens is 192 g/mol. The van der Waals surface area contributed by atoms with Gasteiger partial charge >= 0.3 is 0 Å². The third kappa shape index (κ3) is 1.70.